The predicted octanol–water partition coefficient (Wildman–Crippen LogP) is 6.70. The number of carbonyl (C=O) groups excluding carboxylic acids is 3. The number of aryl methyl sites for hydroxylation is 3. The molecule has 0 aliphatic heterocycles. The molecule has 2 N–H and O–H groups in total. The zero-order chi connectivity index (χ0) is 30.9. The third-order valence-corrected chi connectivity index (χ3v) is 6.87. The molecule has 3 rings (SSSR count). The van der Waals surface area contributed by atoms with E-state index < -0.39 is 29.7 Å². The predicted molar refractivity (Wildman–Crippen MR) is 168 cm³/mol. The minimum atomic E-state index is -0.993. The first-order chi connectivity index (χ1) is 19.9. The van der Waals surface area contributed by atoms with E-state index in [9.17, 15) is 14.4 Å². The lowest BCUT2D eigenvalue weighted by molar-refractivity contribution is -0.140. The quantitative estimate of drug-likeness (QED) is 0.252. The third kappa shape index (κ3) is 8.80. The summed E-state index contributed by atoms with van der Waals surface area (Å²) in [6.07, 6.45) is 1.93. The molecule has 7 nitrogen and oxygen atoms in total. The number of hydrogen-bond acceptors (Lipinski definition) is 4. The highest BCUT2D eigenvalue weighted by Crippen LogP contribution is 2.28. The third-order valence-electron chi connectivity index (χ3n) is 6.87. The Morgan fingerprint density at radius 3 is 2.07 bits per heavy atom. The van der Waals surface area contributed by atoms with Gasteiger partial charge in [0.15, 0.2) is 0 Å². The molecule has 222 valence electrons. The molecule has 2 unspecified atom stereocenters. The van der Waals surface area contributed by atoms with E-state index in [2.05, 4.69) is 24.1 Å². The van der Waals surface area contributed by atoms with Crippen molar-refractivity contribution < 1.29 is 19.1 Å². The fraction of sp³-hybridized carbons (Fsp3) is 0.343. The molecule has 3 aromatic carbocycles. The number of anilines is 1. The summed E-state index contributed by atoms with van der Waals surface area (Å²) in [6.45, 7) is 15.2. The molecule has 0 bridgehead atoms. The van der Waals surface area contributed by atoms with E-state index in [1.807, 2.05) is 86.6 Å². The lowest BCUT2D eigenvalue weighted by Crippen LogP contribution is -2.53. The molecule has 0 saturated carbocycles. The van der Waals surface area contributed by atoms with E-state index in [0.717, 1.165) is 28.7 Å². The van der Waals surface area contributed by atoms with Gasteiger partial charge in [-0.05, 0) is 68.9 Å². The summed E-state index contributed by atoms with van der Waals surface area (Å²) in [5, 5.41) is 5.85. The lowest BCUT2D eigenvalue weighted by Gasteiger charge is -2.34. The van der Waals surface area contributed by atoms with Crippen LogP contribution in [0.25, 0.3) is 0 Å². The first-order valence-corrected chi connectivity index (χ1v) is 14.3. The Bertz CT molecular complexity index is 1360. The van der Waals surface area contributed by atoms with Crippen LogP contribution in [-0.4, -0.2) is 41.0 Å². The summed E-state index contributed by atoms with van der Waals surface area (Å²) in [5.74, 6) is -0.784. The molecule has 42 heavy (non-hydrogen) atoms. The maximum Gasteiger partial charge on any atom is 0.408 e. The molecule has 0 aliphatic carbocycles. The molecule has 0 aliphatic rings. The Morgan fingerprint density at radius 2 is 1.52 bits per heavy atom. The number of carbonyl (C=O) groups is 3. The molecular formula is C35H43N3O4. The first-order valence-electron chi connectivity index (χ1n) is 14.3. The summed E-state index contributed by atoms with van der Waals surface area (Å²) in [4.78, 5) is 42.9. The van der Waals surface area contributed by atoms with Crippen molar-refractivity contribution in [1.82, 2.24) is 10.2 Å². The number of nitrogens with zero attached hydrogens (tertiary/aromatic N) is 1. The van der Waals surface area contributed by atoms with Gasteiger partial charge in [-0.2, -0.15) is 0 Å². The van der Waals surface area contributed by atoms with Crippen LogP contribution < -0.4 is 10.6 Å². The van der Waals surface area contributed by atoms with Crippen molar-refractivity contribution in [1.29, 1.82) is 0 Å². The van der Waals surface area contributed by atoms with E-state index in [1.54, 1.807) is 26.8 Å². The Morgan fingerprint density at radius 1 is 0.905 bits per heavy atom. The number of amides is 3. The average molecular weight is 570 g/mol. The van der Waals surface area contributed by atoms with Crippen molar-refractivity contribution in [2.75, 3.05) is 11.9 Å². The van der Waals surface area contributed by atoms with Crippen LogP contribution >= 0.6 is 0 Å². The summed E-state index contributed by atoms with van der Waals surface area (Å²) in [6, 6.07) is 20.9. The van der Waals surface area contributed by atoms with Gasteiger partial charge in [0, 0.05) is 18.7 Å². The largest absolute Gasteiger partial charge is 0.444 e. The van der Waals surface area contributed by atoms with Gasteiger partial charge < -0.3 is 20.3 Å². The molecule has 0 saturated heterocycles. The second kappa shape index (κ2) is 14.5. The van der Waals surface area contributed by atoms with Crippen molar-refractivity contribution in [2.45, 2.75) is 72.1 Å². The normalized spacial score (nSPS) is 12.5. The van der Waals surface area contributed by atoms with Crippen LogP contribution in [0.3, 0.4) is 0 Å². The van der Waals surface area contributed by atoms with Gasteiger partial charge in [0.25, 0.3) is 5.91 Å². The first kappa shape index (κ1) is 32.1. The van der Waals surface area contributed by atoms with Gasteiger partial charge in [0.2, 0.25) is 5.91 Å². The van der Waals surface area contributed by atoms with Crippen molar-refractivity contribution in [3.8, 4) is 0 Å². The van der Waals surface area contributed by atoms with Crippen LogP contribution in [0.2, 0.25) is 0 Å². The van der Waals surface area contributed by atoms with Gasteiger partial charge in [-0.3, -0.25) is 9.59 Å². The number of nitrogens with one attached hydrogen (secondary N) is 2. The summed E-state index contributed by atoms with van der Waals surface area (Å²) in [5.41, 5.74) is 4.41. The average Bonchev–Trinajstić information content (AvgIpc) is 2.94. The van der Waals surface area contributed by atoms with Gasteiger partial charge >= 0.3 is 6.09 Å². The van der Waals surface area contributed by atoms with Crippen LogP contribution in [-0.2, 0) is 27.2 Å². The molecule has 0 aromatic heterocycles. The maximum absolute atomic E-state index is 14.4. The van der Waals surface area contributed by atoms with Gasteiger partial charge in [-0.15, -0.1) is 6.58 Å². The molecule has 3 aromatic rings. The highest BCUT2D eigenvalue weighted by Gasteiger charge is 2.36. The van der Waals surface area contributed by atoms with Gasteiger partial charge in [0.1, 0.15) is 17.7 Å². The summed E-state index contributed by atoms with van der Waals surface area (Å²) >= 11 is 0. The van der Waals surface area contributed by atoms with E-state index in [-0.39, 0.29) is 18.9 Å². The zero-order valence-corrected chi connectivity index (χ0v) is 25.6. The van der Waals surface area contributed by atoms with E-state index in [4.69, 9.17) is 4.74 Å². The van der Waals surface area contributed by atoms with Crippen LogP contribution in [0.4, 0.5) is 10.5 Å². The fourth-order valence-electron chi connectivity index (χ4n) is 4.77. The van der Waals surface area contributed by atoms with Crippen molar-refractivity contribution >= 4 is 23.6 Å². The molecule has 7 heteroatoms. The fourth-order valence-corrected chi connectivity index (χ4v) is 4.77. The molecule has 0 radical (unpaired) electrons. The van der Waals surface area contributed by atoms with Crippen molar-refractivity contribution in [3.63, 3.8) is 0 Å². The number of benzene rings is 3. The number of ether oxygens (including phenoxy) is 1. The summed E-state index contributed by atoms with van der Waals surface area (Å²) < 4.78 is 5.50. The smallest absolute Gasteiger partial charge is 0.408 e. The Kier molecular flexibility index (Phi) is 11.1. The monoisotopic (exact) mass is 569 g/mol. The van der Waals surface area contributed by atoms with Crippen LogP contribution in [0.1, 0.15) is 61.6 Å². The van der Waals surface area contributed by atoms with E-state index >= 15 is 0 Å². The molecular weight excluding hydrogens is 526 g/mol. The molecule has 3 amide bonds. The van der Waals surface area contributed by atoms with Gasteiger partial charge in [-0.25, -0.2) is 4.79 Å². The topological polar surface area (TPSA) is 87.7 Å². The van der Waals surface area contributed by atoms with E-state index in [1.165, 1.54) is 4.90 Å². The molecule has 0 heterocycles. The van der Waals surface area contributed by atoms with E-state index in [0.29, 0.717) is 11.3 Å². The van der Waals surface area contributed by atoms with Gasteiger partial charge in [-0.1, -0.05) is 85.8 Å². The lowest BCUT2D eigenvalue weighted by atomic mass is 9.98. The number of alkyl carbamates (subject to hydrolysis) is 1. The number of hydrogen-bond donors (Lipinski definition) is 2. The number of rotatable bonds is 11. The second-order valence-electron chi connectivity index (χ2n) is 11.4. The Balaban J connectivity index is 2.07. The van der Waals surface area contributed by atoms with Crippen LogP contribution in [0.15, 0.2) is 85.5 Å². The van der Waals surface area contributed by atoms with Crippen LogP contribution in [0.5, 0.6) is 0 Å². The Labute approximate surface area is 250 Å². The summed E-state index contributed by atoms with van der Waals surface area (Å²) in [7, 11) is 0. The minimum absolute atomic E-state index is 0.0838. The van der Waals surface area contributed by atoms with Gasteiger partial charge in [0.05, 0.1) is 0 Å². The van der Waals surface area contributed by atoms with Crippen molar-refractivity contribution in [2.24, 2.45) is 0 Å². The second-order valence-corrected chi connectivity index (χ2v) is 11.4. The minimum Gasteiger partial charge on any atom is -0.444 e. The molecule has 2 atom stereocenters. The zero-order valence-electron chi connectivity index (χ0n) is 25.6. The number of para-hydroxylation sites is 1. The SMILES string of the molecule is C=CCN(C(=O)C(Cc1ccccc1)NC(=O)OC(C)(C)C)C(C(=O)Nc1c(C)cccc1C)c1ccc(CC)cc1. The standard InChI is InChI=1S/C35H43N3O4/c1-8-22-38(33(40)29(23-27-16-11-10-12-17-27)36-34(41)42-35(5,6)7)31(28-20-18-26(9-2)19-21-28)32(39)37-30-24(3)14-13-15-25(30)4/h8,10-21,29,31H,1,9,22-23H2,2-7H3,(H,36,41)(H,37,39). The molecule has 0 fully saturated rings. The van der Waals surface area contributed by atoms with Crippen molar-refractivity contribution in [3.05, 3.63) is 113 Å². The highest BCUT2D eigenvalue weighted by atomic mass is 16.6. The Hall–Kier alpha value is -4.39. The molecule has 0 spiro atoms. The maximum atomic E-state index is 14.4. The highest BCUT2D eigenvalue weighted by molar-refractivity contribution is 6.00. The van der Waals surface area contributed by atoms with Crippen LogP contribution in [0, 0.1) is 13.8 Å².